The van der Waals surface area contributed by atoms with Crippen molar-refractivity contribution in [2.45, 2.75) is 39.2 Å². The Hall–Kier alpha value is -2.14. The summed E-state index contributed by atoms with van der Waals surface area (Å²) in [5.41, 5.74) is 1.85. The van der Waals surface area contributed by atoms with Gasteiger partial charge in [-0.15, -0.1) is 0 Å². The van der Waals surface area contributed by atoms with Crippen LogP contribution in [0, 0.1) is 6.92 Å². The van der Waals surface area contributed by atoms with Crippen molar-refractivity contribution in [2.75, 3.05) is 19.7 Å². The molecule has 0 radical (unpaired) electrons. The Kier molecular flexibility index (Phi) is 5.00. The van der Waals surface area contributed by atoms with Crippen LogP contribution in [0.15, 0.2) is 33.5 Å². The van der Waals surface area contributed by atoms with Gasteiger partial charge >= 0.3 is 5.63 Å². The Bertz CT molecular complexity index is 790. The largest absolute Gasteiger partial charge is 0.423 e. The highest BCUT2D eigenvalue weighted by Gasteiger charge is 2.22. The quantitative estimate of drug-likeness (QED) is 0.791. The molecule has 24 heavy (non-hydrogen) atoms. The van der Waals surface area contributed by atoms with Gasteiger partial charge < -0.3 is 14.1 Å². The van der Waals surface area contributed by atoms with Crippen LogP contribution in [-0.4, -0.2) is 36.6 Å². The molecule has 5 nitrogen and oxygen atoms in total. The number of ether oxygens (including phenoxy) is 1. The SMILES string of the molecule is CCN(C[C@@H]1CCCO1)C(=O)Cc1cc(=O)oc2cc(C)ccc12. The number of fused-ring (bicyclic) bond motifs is 1. The molecule has 1 amide bonds. The molecule has 1 aliphatic rings. The number of carbonyl (C=O) groups excluding carboxylic acids is 1. The van der Waals surface area contributed by atoms with Crippen LogP contribution in [0.1, 0.15) is 30.9 Å². The molecule has 0 unspecified atom stereocenters. The Labute approximate surface area is 141 Å². The second-order valence-corrected chi connectivity index (χ2v) is 6.33. The van der Waals surface area contributed by atoms with Crippen LogP contribution in [-0.2, 0) is 16.0 Å². The van der Waals surface area contributed by atoms with Gasteiger partial charge in [0.25, 0.3) is 0 Å². The van der Waals surface area contributed by atoms with E-state index in [1.54, 1.807) is 0 Å². The van der Waals surface area contributed by atoms with Gasteiger partial charge in [0, 0.05) is 31.1 Å². The summed E-state index contributed by atoms with van der Waals surface area (Å²) in [5, 5.41) is 0.821. The molecule has 0 aliphatic carbocycles. The van der Waals surface area contributed by atoms with Gasteiger partial charge in [0.1, 0.15) is 5.58 Å². The predicted molar refractivity (Wildman–Crippen MR) is 92.2 cm³/mol. The number of carbonyl (C=O) groups is 1. The summed E-state index contributed by atoms with van der Waals surface area (Å²) in [6.45, 7) is 5.94. The highest BCUT2D eigenvalue weighted by Crippen LogP contribution is 2.20. The maximum Gasteiger partial charge on any atom is 0.336 e. The van der Waals surface area contributed by atoms with E-state index in [0.29, 0.717) is 18.7 Å². The highest BCUT2D eigenvalue weighted by molar-refractivity contribution is 5.87. The molecule has 1 fully saturated rings. The number of rotatable bonds is 5. The van der Waals surface area contributed by atoms with Crippen molar-refractivity contribution in [2.24, 2.45) is 0 Å². The first-order valence-corrected chi connectivity index (χ1v) is 8.49. The van der Waals surface area contributed by atoms with Crippen LogP contribution in [0.5, 0.6) is 0 Å². The summed E-state index contributed by atoms with van der Waals surface area (Å²) in [5.74, 6) is 0.0143. The lowest BCUT2D eigenvalue weighted by Crippen LogP contribution is -2.38. The minimum atomic E-state index is -0.418. The molecule has 0 saturated carbocycles. The summed E-state index contributed by atoms with van der Waals surface area (Å²) in [7, 11) is 0. The van der Waals surface area contributed by atoms with Crippen LogP contribution in [0.4, 0.5) is 0 Å². The van der Waals surface area contributed by atoms with Gasteiger partial charge in [0.15, 0.2) is 0 Å². The molecule has 0 spiro atoms. The number of hydrogen-bond acceptors (Lipinski definition) is 4. The van der Waals surface area contributed by atoms with E-state index in [4.69, 9.17) is 9.15 Å². The van der Waals surface area contributed by atoms with Gasteiger partial charge in [-0.05, 0) is 43.9 Å². The first-order valence-electron chi connectivity index (χ1n) is 8.49. The lowest BCUT2D eigenvalue weighted by molar-refractivity contribution is -0.131. The van der Waals surface area contributed by atoms with Crippen molar-refractivity contribution in [1.29, 1.82) is 0 Å². The summed E-state index contributed by atoms with van der Waals surface area (Å²) < 4.78 is 10.9. The molecule has 1 aromatic heterocycles. The van der Waals surface area contributed by atoms with Gasteiger partial charge in [0.2, 0.25) is 5.91 Å². The molecule has 2 aromatic rings. The molecule has 0 N–H and O–H groups in total. The van der Waals surface area contributed by atoms with E-state index in [0.717, 1.165) is 36.0 Å². The second-order valence-electron chi connectivity index (χ2n) is 6.33. The maximum atomic E-state index is 12.7. The molecule has 1 aliphatic heterocycles. The maximum absolute atomic E-state index is 12.7. The molecule has 1 saturated heterocycles. The lowest BCUT2D eigenvalue weighted by Gasteiger charge is -2.24. The third-order valence-corrected chi connectivity index (χ3v) is 4.51. The summed E-state index contributed by atoms with van der Waals surface area (Å²) in [6.07, 6.45) is 2.39. The topological polar surface area (TPSA) is 59.8 Å². The van der Waals surface area contributed by atoms with E-state index in [-0.39, 0.29) is 18.4 Å². The number of likely N-dealkylation sites (N-methyl/N-ethyl adjacent to an activating group) is 1. The number of nitrogens with zero attached hydrogens (tertiary/aromatic N) is 1. The molecular weight excluding hydrogens is 306 g/mol. The first kappa shape index (κ1) is 16.7. The normalized spacial score (nSPS) is 17.3. The second kappa shape index (κ2) is 7.18. The standard InChI is InChI=1S/C19H23NO4/c1-3-20(12-15-5-4-8-23-15)18(21)10-14-11-19(22)24-17-9-13(2)6-7-16(14)17/h6-7,9,11,15H,3-5,8,10,12H2,1-2H3/t15-/m0/s1. The summed E-state index contributed by atoms with van der Waals surface area (Å²) in [4.78, 5) is 26.3. The zero-order chi connectivity index (χ0) is 17.1. The third kappa shape index (κ3) is 3.67. The van der Waals surface area contributed by atoms with E-state index < -0.39 is 5.63 Å². The van der Waals surface area contributed by atoms with Crippen molar-refractivity contribution < 1.29 is 13.9 Å². The van der Waals surface area contributed by atoms with Crippen molar-refractivity contribution in [1.82, 2.24) is 4.90 Å². The van der Waals surface area contributed by atoms with Crippen LogP contribution in [0.25, 0.3) is 11.0 Å². The van der Waals surface area contributed by atoms with E-state index in [1.807, 2.05) is 36.9 Å². The molecular formula is C19H23NO4. The molecule has 1 aromatic carbocycles. The molecule has 128 valence electrons. The molecule has 3 rings (SSSR count). The average Bonchev–Trinajstić information content (AvgIpc) is 3.04. The smallest absolute Gasteiger partial charge is 0.336 e. The summed E-state index contributed by atoms with van der Waals surface area (Å²) in [6, 6.07) is 7.12. The first-order chi connectivity index (χ1) is 11.6. The van der Waals surface area contributed by atoms with Crippen molar-refractivity contribution in [3.05, 3.63) is 45.8 Å². The van der Waals surface area contributed by atoms with Crippen LogP contribution < -0.4 is 5.63 Å². The number of hydrogen-bond donors (Lipinski definition) is 0. The minimum Gasteiger partial charge on any atom is -0.423 e. The van der Waals surface area contributed by atoms with Crippen LogP contribution in [0.3, 0.4) is 0 Å². The van der Waals surface area contributed by atoms with Crippen LogP contribution >= 0.6 is 0 Å². The fourth-order valence-electron chi connectivity index (χ4n) is 3.20. The lowest BCUT2D eigenvalue weighted by atomic mass is 10.0. The predicted octanol–water partition coefficient (Wildman–Crippen LogP) is 2.67. The summed E-state index contributed by atoms with van der Waals surface area (Å²) >= 11 is 0. The minimum absolute atomic E-state index is 0.0143. The number of aryl methyl sites for hydroxylation is 1. The molecule has 1 atom stereocenters. The third-order valence-electron chi connectivity index (χ3n) is 4.51. The van der Waals surface area contributed by atoms with E-state index in [9.17, 15) is 9.59 Å². The highest BCUT2D eigenvalue weighted by atomic mass is 16.5. The van der Waals surface area contributed by atoms with Gasteiger partial charge in [-0.25, -0.2) is 4.79 Å². The monoisotopic (exact) mass is 329 g/mol. The van der Waals surface area contributed by atoms with Crippen molar-refractivity contribution in [3.8, 4) is 0 Å². The van der Waals surface area contributed by atoms with E-state index in [1.165, 1.54) is 6.07 Å². The van der Waals surface area contributed by atoms with Crippen molar-refractivity contribution >= 4 is 16.9 Å². The van der Waals surface area contributed by atoms with E-state index >= 15 is 0 Å². The fraction of sp³-hybridized carbons (Fsp3) is 0.474. The Morgan fingerprint density at radius 1 is 1.33 bits per heavy atom. The Morgan fingerprint density at radius 2 is 2.17 bits per heavy atom. The van der Waals surface area contributed by atoms with Gasteiger partial charge in [-0.2, -0.15) is 0 Å². The zero-order valence-corrected chi connectivity index (χ0v) is 14.2. The number of amides is 1. The van der Waals surface area contributed by atoms with Crippen molar-refractivity contribution in [3.63, 3.8) is 0 Å². The zero-order valence-electron chi connectivity index (χ0n) is 14.2. The average molecular weight is 329 g/mol. The fourth-order valence-corrected chi connectivity index (χ4v) is 3.20. The molecule has 2 heterocycles. The Morgan fingerprint density at radius 3 is 2.88 bits per heavy atom. The van der Waals surface area contributed by atoms with Gasteiger partial charge in [-0.1, -0.05) is 12.1 Å². The molecule has 5 heteroatoms. The Balaban J connectivity index is 1.82. The van der Waals surface area contributed by atoms with Gasteiger partial charge in [0.05, 0.1) is 12.5 Å². The van der Waals surface area contributed by atoms with Crippen LogP contribution in [0.2, 0.25) is 0 Å². The molecule has 0 bridgehead atoms. The number of benzene rings is 1. The van der Waals surface area contributed by atoms with E-state index in [2.05, 4.69) is 0 Å². The van der Waals surface area contributed by atoms with Gasteiger partial charge in [-0.3, -0.25) is 4.79 Å².